The number of benzene rings is 1. The van der Waals surface area contributed by atoms with Gasteiger partial charge in [-0.2, -0.15) is 0 Å². The minimum absolute atomic E-state index is 0.0694. The lowest BCUT2D eigenvalue weighted by Gasteiger charge is -1.98. The lowest BCUT2D eigenvalue weighted by molar-refractivity contribution is -0.113. The van der Waals surface area contributed by atoms with Gasteiger partial charge < -0.3 is 0 Å². The van der Waals surface area contributed by atoms with E-state index in [2.05, 4.69) is 0 Å². The maximum atomic E-state index is 10.9. The molecule has 68 valence electrons. The largest absolute Gasteiger partial charge is 0.295 e. The normalized spacial score (nSPS) is 11.5. The van der Waals surface area contributed by atoms with Crippen molar-refractivity contribution in [3.63, 3.8) is 0 Å². The lowest BCUT2D eigenvalue weighted by atomic mass is 10.1. The van der Waals surface area contributed by atoms with Gasteiger partial charge in [-0.15, -0.1) is 0 Å². The molecule has 2 heteroatoms. The topological polar surface area (TPSA) is 17.1 Å². The summed E-state index contributed by atoms with van der Waals surface area (Å²) in [5, 5.41) is 0.670. The molecular weight excluding hydrogens is 184 g/mol. The summed E-state index contributed by atoms with van der Waals surface area (Å²) >= 11 is 5.92. The summed E-state index contributed by atoms with van der Waals surface area (Å²) in [5.74, 6) is 0.0694. The van der Waals surface area contributed by atoms with Gasteiger partial charge in [-0.1, -0.05) is 29.8 Å². The predicted octanol–water partition coefficient (Wildman–Crippen LogP) is 3.33. The quantitative estimate of drug-likeness (QED) is 0.660. The summed E-state index contributed by atoms with van der Waals surface area (Å²) in [5.41, 5.74) is 1.60. The molecule has 0 saturated heterocycles. The molecule has 0 radical (unpaired) electrons. The molecule has 1 rings (SSSR count). The molecule has 0 N–H and O–H groups in total. The SMILES string of the molecule is CC(=O)/C(C)=C/c1ccccc1Cl. The van der Waals surface area contributed by atoms with Crippen LogP contribution < -0.4 is 0 Å². The number of ketones is 1. The van der Waals surface area contributed by atoms with Crippen LogP contribution in [0.1, 0.15) is 19.4 Å². The molecule has 13 heavy (non-hydrogen) atoms. The Labute approximate surface area is 83.0 Å². The Morgan fingerprint density at radius 1 is 1.31 bits per heavy atom. The molecule has 1 aromatic carbocycles. The minimum atomic E-state index is 0.0694. The molecule has 0 atom stereocenters. The van der Waals surface area contributed by atoms with E-state index >= 15 is 0 Å². The summed E-state index contributed by atoms with van der Waals surface area (Å²) in [4.78, 5) is 10.9. The molecule has 0 aliphatic carbocycles. The van der Waals surface area contributed by atoms with E-state index in [9.17, 15) is 4.79 Å². The molecule has 0 spiro atoms. The first-order valence-electron chi connectivity index (χ1n) is 4.05. The van der Waals surface area contributed by atoms with E-state index in [1.54, 1.807) is 26.0 Å². The zero-order valence-corrected chi connectivity index (χ0v) is 8.43. The van der Waals surface area contributed by atoms with Gasteiger partial charge in [0.05, 0.1) is 0 Å². The molecule has 0 saturated carbocycles. The monoisotopic (exact) mass is 194 g/mol. The van der Waals surface area contributed by atoms with E-state index in [-0.39, 0.29) is 5.78 Å². The fourth-order valence-electron chi connectivity index (χ4n) is 0.927. The minimum Gasteiger partial charge on any atom is -0.295 e. The highest BCUT2D eigenvalue weighted by molar-refractivity contribution is 6.32. The van der Waals surface area contributed by atoms with Crippen molar-refractivity contribution in [1.82, 2.24) is 0 Å². The number of allylic oxidation sites excluding steroid dienone is 1. The van der Waals surface area contributed by atoms with Crippen LogP contribution in [0.25, 0.3) is 6.08 Å². The second-order valence-electron chi connectivity index (χ2n) is 2.91. The molecular formula is C11H11ClO. The third kappa shape index (κ3) is 2.71. The summed E-state index contributed by atoms with van der Waals surface area (Å²) in [6, 6.07) is 7.45. The van der Waals surface area contributed by atoms with Crippen LogP contribution in [-0.2, 0) is 4.79 Å². The molecule has 1 aromatic rings. The predicted molar refractivity (Wildman–Crippen MR) is 55.8 cm³/mol. The van der Waals surface area contributed by atoms with Crippen molar-refractivity contribution < 1.29 is 4.79 Å². The Morgan fingerprint density at radius 3 is 2.46 bits per heavy atom. The zero-order valence-electron chi connectivity index (χ0n) is 7.67. The second-order valence-corrected chi connectivity index (χ2v) is 3.31. The average molecular weight is 195 g/mol. The van der Waals surface area contributed by atoms with Gasteiger partial charge in [-0.05, 0) is 37.1 Å². The van der Waals surface area contributed by atoms with Crippen LogP contribution in [-0.4, -0.2) is 5.78 Å². The summed E-state index contributed by atoms with van der Waals surface area (Å²) in [6.45, 7) is 3.33. The highest BCUT2D eigenvalue weighted by Crippen LogP contribution is 2.18. The van der Waals surface area contributed by atoms with Crippen molar-refractivity contribution in [3.05, 3.63) is 40.4 Å². The number of rotatable bonds is 2. The maximum absolute atomic E-state index is 10.9. The Kier molecular flexibility index (Phi) is 3.26. The van der Waals surface area contributed by atoms with Crippen LogP contribution in [0.2, 0.25) is 5.02 Å². The summed E-state index contributed by atoms with van der Waals surface area (Å²) < 4.78 is 0. The van der Waals surface area contributed by atoms with Gasteiger partial charge in [0.25, 0.3) is 0 Å². The highest BCUT2D eigenvalue weighted by Gasteiger charge is 1.99. The van der Waals surface area contributed by atoms with Gasteiger partial charge in [0.15, 0.2) is 5.78 Å². The van der Waals surface area contributed by atoms with Crippen LogP contribution >= 0.6 is 11.6 Å². The molecule has 1 nitrogen and oxygen atoms in total. The molecule has 0 aliphatic rings. The third-order valence-corrected chi connectivity index (χ3v) is 2.18. The van der Waals surface area contributed by atoms with Crippen molar-refractivity contribution in [2.24, 2.45) is 0 Å². The number of hydrogen-bond acceptors (Lipinski definition) is 1. The lowest BCUT2D eigenvalue weighted by Crippen LogP contribution is -1.90. The van der Waals surface area contributed by atoms with E-state index in [4.69, 9.17) is 11.6 Å². The molecule has 0 aromatic heterocycles. The number of carbonyl (C=O) groups excluding carboxylic acids is 1. The van der Waals surface area contributed by atoms with Crippen molar-refractivity contribution >= 4 is 23.5 Å². The Hall–Kier alpha value is -1.08. The van der Waals surface area contributed by atoms with Gasteiger partial charge in [-0.25, -0.2) is 0 Å². The van der Waals surface area contributed by atoms with Crippen molar-refractivity contribution in [2.75, 3.05) is 0 Å². The average Bonchev–Trinajstić information content (AvgIpc) is 2.08. The second kappa shape index (κ2) is 4.24. The van der Waals surface area contributed by atoms with Crippen molar-refractivity contribution in [2.45, 2.75) is 13.8 Å². The number of halogens is 1. The third-order valence-electron chi connectivity index (χ3n) is 1.83. The van der Waals surface area contributed by atoms with Crippen LogP contribution in [0.4, 0.5) is 0 Å². The molecule has 0 bridgehead atoms. The fraction of sp³-hybridized carbons (Fsp3) is 0.182. The van der Waals surface area contributed by atoms with Crippen molar-refractivity contribution in [1.29, 1.82) is 0 Å². The van der Waals surface area contributed by atoms with Crippen LogP contribution in [0.3, 0.4) is 0 Å². The van der Waals surface area contributed by atoms with Crippen LogP contribution in [0.15, 0.2) is 29.8 Å². The van der Waals surface area contributed by atoms with Gasteiger partial charge in [0.2, 0.25) is 0 Å². The van der Waals surface area contributed by atoms with E-state index < -0.39 is 0 Å². The Balaban J connectivity index is 3.04. The first-order valence-corrected chi connectivity index (χ1v) is 4.43. The maximum Gasteiger partial charge on any atom is 0.155 e. The first kappa shape index (κ1) is 10.0. The zero-order chi connectivity index (χ0) is 9.84. The van der Waals surface area contributed by atoms with Crippen LogP contribution in [0, 0.1) is 0 Å². The fourth-order valence-corrected chi connectivity index (χ4v) is 1.12. The number of carbonyl (C=O) groups is 1. The Bertz CT molecular complexity index is 353. The summed E-state index contributed by atoms with van der Waals surface area (Å²) in [7, 11) is 0. The highest BCUT2D eigenvalue weighted by atomic mass is 35.5. The molecule has 0 heterocycles. The number of hydrogen-bond donors (Lipinski definition) is 0. The van der Waals surface area contributed by atoms with Crippen molar-refractivity contribution in [3.8, 4) is 0 Å². The van der Waals surface area contributed by atoms with Gasteiger partial charge in [-0.3, -0.25) is 4.79 Å². The molecule has 0 amide bonds. The molecule has 0 aliphatic heterocycles. The number of Topliss-reactive ketones (excluding diaryl/α,β-unsaturated/α-hetero) is 1. The van der Waals surface area contributed by atoms with Gasteiger partial charge >= 0.3 is 0 Å². The van der Waals surface area contributed by atoms with E-state index in [0.717, 1.165) is 5.56 Å². The summed E-state index contributed by atoms with van der Waals surface area (Å²) in [6.07, 6.45) is 1.80. The standard InChI is InChI=1S/C11H11ClO/c1-8(9(2)13)7-10-5-3-4-6-11(10)12/h3-7H,1-2H3/b8-7+. The molecule has 0 unspecified atom stereocenters. The first-order chi connectivity index (χ1) is 6.11. The van der Waals surface area contributed by atoms with E-state index in [1.807, 2.05) is 18.2 Å². The van der Waals surface area contributed by atoms with Gasteiger partial charge in [0, 0.05) is 5.02 Å². The van der Waals surface area contributed by atoms with Gasteiger partial charge in [0.1, 0.15) is 0 Å². The smallest absolute Gasteiger partial charge is 0.155 e. The Morgan fingerprint density at radius 2 is 1.92 bits per heavy atom. The molecule has 0 fully saturated rings. The van der Waals surface area contributed by atoms with E-state index in [0.29, 0.717) is 10.6 Å². The van der Waals surface area contributed by atoms with Crippen LogP contribution in [0.5, 0.6) is 0 Å². The van der Waals surface area contributed by atoms with E-state index in [1.165, 1.54) is 0 Å².